The van der Waals surface area contributed by atoms with E-state index >= 15 is 0 Å². The summed E-state index contributed by atoms with van der Waals surface area (Å²) in [5, 5.41) is 6.04. The van der Waals surface area contributed by atoms with E-state index in [0.29, 0.717) is 18.9 Å². The highest BCUT2D eigenvalue weighted by Gasteiger charge is 2.06. The number of hydrogen-bond donors (Lipinski definition) is 2. The molecule has 5 nitrogen and oxygen atoms in total. The summed E-state index contributed by atoms with van der Waals surface area (Å²) in [7, 11) is 1.68. The van der Waals surface area contributed by atoms with Crippen molar-refractivity contribution in [3.05, 3.63) is 28.2 Å². The van der Waals surface area contributed by atoms with Crippen LogP contribution in [0.3, 0.4) is 0 Å². The van der Waals surface area contributed by atoms with Gasteiger partial charge in [-0.3, -0.25) is 4.79 Å². The first-order chi connectivity index (χ1) is 10.2. The Bertz CT molecular complexity index is 441. The zero-order valence-corrected chi connectivity index (χ0v) is 14.2. The Morgan fingerprint density at radius 1 is 1.33 bits per heavy atom. The molecule has 0 aliphatic carbocycles. The average molecular weight is 359 g/mol. The summed E-state index contributed by atoms with van der Waals surface area (Å²) in [4.78, 5) is 11.5. The third-order valence-corrected chi connectivity index (χ3v) is 3.36. The van der Waals surface area contributed by atoms with Crippen molar-refractivity contribution in [1.29, 1.82) is 0 Å². The molecule has 0 aliphatic heterocycles. The lowest BCUT2D eigenvalue weighted by molar-refractivity contribution is -0.123. The van der Waals surface area contributed by atoms with Crippen LogP contribution in [0.1, 0.15) is 18.9 Å². The van der Waals surface area contributed by atoms with Crippen molar-refractivity contribution in [1.82, 2.24) is 10.6 Å². The monoisotopic (exact) mass is 358 g/mol. The minimum absolute atomic E-state index is 0.0318. The van der Waals surface area contributed by atoms with Crippen molar-refractivity contribution < 1.29 is 14.3 Å². The van der Waals surface area contributed by atoms with Crippen molar-refractivity contribution in [2.24, 2.45) is 0 Å². The number of amides is 1. The first-order valence-electron chi connectivity index (χ1n) is 7.05. The van der Waals surface area contributed by atoms with Gasteiger partial charge in [-0.1, -0.05) is 13.0 Å². The molecule has 0 saturated heterocycles. The molecular weight excluding hydrogens is 336 g/mol. The lowest BCUT2D eigenvalue weighted by Crippen LogP contribution is -2.29. The number of carbonyl (C=O) groups excluding carboxylic acids is 1. The van der Waals surface area contributed by atoms with E-state index in [2.05, 4.69) is 26.6 Å². The van der Waals surface area contributed by atoms with Crippen LogP contribution in [0.15, 0.2) is 22.7 Å². The van der Waals surface area contributed by atoms with Crippen LogP contribution in [-0.4, -0.2) is 39.3 Å². The average Bonchev–Trinajstić information content (AvgIpc) is 2.48. The van der Waals surface area contributed by atoms with Crippen molar-refractivity contribution >= 4 is 21.8 Å². The van der Waals surface area contributed by atoms with Crippen LogP contribution in [0, 0.1) is 0 Å². The maximum absolute atomic E-state index is 11.5. The number of hydrogen-bond acceptors (Lipinski definition) is 4. The van der Waals surface area contributed by atoms with Crippen LogP contribution in [0.25, 0.3) is 0 Å². The smallest absolute Gasteiger partial charge is 0.257 e. The van der Waals surface area contributed by atoms with Gasteiger partial charge < -0.3 is 20.1 Å². The third-order valence-electron chi connectivity index (χ3n) is 2.74. The van der Waals surface area contributed by atoms with Crippen molar-refractivity contribution in [2.75, 3.05) is 33.4 Å². The Morgan fingerprint density at radius 3 is 2.81 bits per heavy atom. The number of methoxy groups -OCH3 is 1. The molecule has 0 aromatic heterocycles. The second kappa shape index (κ2) is 10.6. The number of halogens is 1. The second-order valence-corrected chi connectivity index (χ2v) is 5.43. The maximum atomic E-state index is 11.5. The first kappa shape index (κ1) is 17.9. The van der Waals surface area contributed by atoms with E-state index < -0.39 is 0 Å². The number of rotatable bonds is 10. The fraction of sp³-hybridized carbons (Fsp3) is 0.533. The molecule has 1 amide bonds. The Morgan fingerprint density at radius 2 is 2.14 bits per heavy atom. The van der Waals surface area contributed by atoms with E-state index in [9.17, 15) is 4.79 Å². The molecule has 0 fully saturated rings. The van der Waals surface area contributed by atoms with Crippen LogP contribution < -0.4 is 15.4 Å². The molecule has 0 unspecified atom stereocenters. The van der Waals surface area contributed by atoms with E-state index in [0.717, 1.165) is 29.5 Å². The lowest BCUT2D eigenvalue weighted by atomic mass is 10.2. The Kier molecular flexibility index (Phi) is 9.05. The van der Waals surface area contributed by atoms with E-state index in [1.54, 1.807) is 7.11 Å². The summed E-state index contributed by atoms with van der Waals surface area (Å²) in [5.74, 6) is 0.566. The quantitative estimate of drug-likeness (QED) is 0.628. The van der Waals surface area contributed by atoms with Crippen LogP contribution >= 0.6 is 15.9 Å². The zero-order chi connectivity index (χ0) is 15.5. The predicted molar refractivity (Wildman–Crippen MR) is 86.5 cm³/mol. The fourth-order valence-electron chi connectivity index (χ4n) is 1.64. The van der Waals surface area contributed by atoms with E-state index in [4.69, 9.17) is 9.47 Å². The molecule has 1 rings (SSSR count). The Balaban J connectivity index is 2.41. The standard InChI is InChI=1S/C15H23BrN2O3/c1-3-6-18-15(19)11-21-14-5-4-12(9-13(14)16)10-17-7-8-20-2/h4-5,9,17H,3,6-8,10-11H2,1-2H3,(H,18,19). The molecule has 2 N–H and O–H groups in total. The molecule has 6 heteroatoms. The van der Waals surface area contributed by atoms with Gasteiger partial charge in [0.1, 0.15) is 5.75 Å². The topological polar surface area (TPSA) is 59.6 Å². The summed E-state index contributed by atoms with van der Waals surface area (Å²) in [5.41, 5.74) is 1.14. The molecule has 0 spiro atoms. The van der Waals surface area contributed by atoms with Crippen LogP contribution in [0.4, 0.5) is 0 Å². The van der Waals surface area contributed by atoms with Crippen molar-refractivity contribution in [3.8, 4) is 5.75 Å². The summed E-state index contributed by atoms with van der Waals surface area (Å²) in [6.07, 6.45) is 0.917. The molecule has 1 aromatic carbocycles. The normalized spacial score (nSPS) is 10.4. The van der Waals surface area contributed by atoms with Gasteiger partial charge in [0.25, 0.3) is 5.91 Å². The van der Waals surface area contributed by atoms with Gasteiger partial charge in [-0.2, -0.15) is 0 Å². The van der Waals surface area contributed by atoms with Gasteiger partial charge in [-0.25, -0.2) is 0 Å². The van der Waals surface area contributed by atoms with Gasteiger partial charge >= 0.3 is 0 Å². The maximum Gasteiger partial charge on any atom is 0.257 e. The van der Waals surface area contributed by atoms with Gasteiger partial charge in [0.2, 0.25) is 0 Å². The predicted octanol–water partition coefficient (Wildman–Crippen LogP) is 2.09. The minimum Gasteiger partial charge on any atom is -0.483 e. The molecule has 21 heavy (non-hydrogen) atoms. The fourth-order valence-corrected chi connectivity index (χ4v) is 2.18. The summed E-state index contributed by atoms with van der Waals surface area (Å²) >= 11 is 3.46. The van der Waals surface area contributed by atoms with E-state index in [1.807, 2.05) is 25.1 Å². The lowest BCUT2D eigenvalue weighted by Gasteiger charge is -2.10. The van der Waals surface area contributed by atoms with Gasteiger partial charge in [0.15, 0.2) is 6.61 Å². The number of nitrogens with one attached hydrogen (secondary N) is 2. The molecule has 0 atom stereocenters. The van der Waals surface area contributed by atoms with Crippen molar-refractivity contribution in [2.45, 2.75) is 19.9 Å². The van der Waals surface area contributed by atoms with E-state index in [1.165, 1.54) is 0 Å². The summed E-state index contributed by atoms with van der Waals surface area (Å²) in [6.45, 7) is 4.98. The van der Waals surface area contributed by atoms with Crippen molar-refractivity contribution in [3.63, 3.8) is 0 Å². The number of carbonyl (C=O) groups is 1. The number of ether oxygens (including phenoxy) is 2. The van der Waals surface area contributed by atoms with E-state index in [-0.39, 0.29) is 12.5 Å². The molecule has 0 saturated carbocycles. The molecule has 1 aromatic rings. The molecule has 0 heterocycles. The highest BCUT2D eigenvalue weighted by atomic mass is 79.9. The first-order valence-corrected chi connectivity index (χ1v) is 7.84. The van der Waals surface area contributed by atoms with Crippen LogP contribution in [0.5, 0.6) is 5.75 Å². The third kappa shape index (κ3) is 7.45. The van der Waals surface area contributed by atoms with Gasteiger partial charge in [0, 0.05) is 26.7 Å². The highest BCUT2D eigenvalue weighted by molar-refractivity contribution is 9.10. The molecular formula is C15H23BrN2O3. The summed E-state index contributed by atoms with van der Waals surface area (Å²) < 4.78 is 11.3. The number of benzene rings is 1. The minimum atomic E-state index is -0.103. The molecule has 118 valence electrons. The molecule has 0 bridgehead atoms. The largest absolute Gasteiger partial charge is 0.483 e. The molecule has 0 radical (unpaired) electrons. The van der Waals surface area contributed by atoms with Gasteiger partial charge in [-0.15, -0.1) is 0 Å². The second-order valence-electron chi connectivity index (χ2n) is 4.57. The Labute approximate surface area is 134 Å². The van der Waals surface area contributed by atoms with Crippen LogP contribution in [0.2, 0.25) is 0 Å². The van der Waals surface area contributed by atoms with Gasteiger partial charge in [-0.05, 0) is 40.0 Å². The summed E-state index contributed by atoms with van der Waals surface area (Å²) in [6, 6.07) is 5.83. The van der Waals surface area contributed by atoms with Gasteiger partial charge in [0.05, 0.1) is 11.1 Å². The molecule has 0 aliphatic rings. The zero-order valence-electron chi connectivity index (χ0n) is 12.6. The highest BCUT2D eigenvalue weighted by Crippen LogP contribution is 2.25. The van der Waals surface area contributed by atoms with Crippen LogP contribution in [-0.2, 0) is 16.1 Å². The Hall–Kier alpha value is -1.11. The SMILES string of the molecule is CCCNC(=O)COc1ccc(CNCCOC)cc1Br.